The minimum absolute atomic E-state index is 0.0461. The van der Waals surface area contributed by atoms with E-state index in [-0.39, 0.29) is 36.7 Å². The lowest BCUT2D eigenvalue weighted by molar-refractivity contribution is -0.123. The molecule has 0 bridgehead atoms. The zero-order valence-electron chi connectivity index (χ0n) is 19.2. The number of halogens is 1. The van der Waals surface area contributed by atoms with Gasteiger partial charge in [-0.25, -0.2) is 4.39 Å². The normalized spacial score (nSPS) is 14.6. The van der Waals surface area contributed by atoms with Gasteiger partial charge in [0.25, 0.3) is 11.1 Å². The standard InChI is InChI=1S/C29H22FNO4S/c30-24-13-5-2-10-22(24)19-35-25-14-6-3-9-21(25)18-27-28(32)31(29(33)36-27)16-17-34-26-15-7-11-20-8-1-4-12-23(20)26/h1-15,18H,16-17,19H2/b27-18-. The minimum atomic E-state index is -0.379. The number of amides is 2. The Balaban J connectivity index is 1.26. The van der Waals surface area contributed by atoms with Gasteiger partial charge < -0.3 is 9.47 Å². The second-order valence-electron chi connectivity index (χ2n) is 8.08. The zero-order chi connectivity index (χ0) is 24.9. The number of hydrogen-bond donors (Lipinski definition) is 0. The van der Waals surface area contributed by atoms with Crippen LogP contribution in [0.15, 0.2) is 95.9 Å². The summed E-state index contributed by atoms with van der Waals surface area (Å²) in [6.45, 7) is 0.364. The third kappa shape index (κ3) is 5.11. The average molecular weight is 500 g/mol. The van der Waals surface area contributed by atoms with Crippen LogP contribution in [-0.2, 0) is 11.4 Å². The van der Waals surface area contributed by atoms with Gasteiger partial charge in [0.15, 0.2) is 0 Å². The molecule has 7 heteroatoms. The molecule has 5 rings (SSSR count). The van der Waals surface area contributed by atoms with Crippen molar-refractivity contribution in [3.05, 3.63) is 113 Å². The summed E-state index contributed by atoms with van der Waals surface area (Å²) >= 11 is 0.878. The Labute approximate surface area is 212 Å². The zero-order valence-corrected chi connectivity index (χ0v) is 20.0. The highest BCUT2D eigenvalue weighted by Crippen LogP contribution is 2.34. The third-order valence-electron chi connectivity index (χ3n) is 5.74. The van der Waals surface area contributed by atoms with Crippen LogP contribution >= 0.6 is 11.8 Å². The van der Waals surface area contributed by atoms with Gasteiger partial charge in [0, 0.05) is 16.5 Å². The van der Waals surface area contributed by atoms with E-state index in [1.165, 1.54) is 11.0 Å². The van der Waals surface area contributed by atoms with Crippen LogP contribution in [0.5, 0.6) is 11.5 Å². The van der Waals surface area contributed by atoms with Gasteiger partial charge in [-0.05, 0) is 41.4 Å². The van der Waals surface area contributed by atoms with Crippen LogP contribution in [0, 0.1) is 5.82 Å². The number of benzene rings is 4. The van der Waals surface area contributed by atoms with Crippen LogP contribution in [-0.4, -0.2) is 29.2 Å². The molecule has 4 aromatic rings. The second kappa shape index (κ2) is 10.7. The van der Waals surface area contributed by atoms with Gasteiger partial charge in [-0.2, -0.15) is 0 Å². The van der Waals surface area contributed by atoms with Crippen LogP contribution in [0.3, 0.4) is 0 Å². The SMILES string of the molecule is O=C1S/C(=C\c2ccccc2OCc2ccccc2F)C(=O)N1CCOc1cccc2ccccc12. The molecule has 1 saturated heterocycles. The van der Waals surface area contributed by atoms with Crippen molar-refractivity contribution >= 4 is 39.8 Å². The molecule has 0 radical (unpaired) electrons. The molecule has 0 aromatic heterocycles. The van der Waals surface area contributed by atoms with E-state index in [0.29, 0.717) is 27.5 Å². The maximum atomic E-state index is 14.0. The number of ether oxygens (including phenoxy) is 2. The molecule has 0 atom stereocenters. The molecule has 1 aliphatic heterocycles. The van der Waals surface area contributed by atoms with Crippen LogP contribution in [0.4, 0.5) is 9.18 Å². The van der Waals surface area contributed by atoms with Gasteiger partial charge in [0.05, 0.1) is 11.4 Å². The van der Waals surface area contributed by atoms with Crippen molar-refractivity contribution in [2.24, 2.45) is 0 Å². The highest BCUT2D eigenvalue weighted by molar-refractivity contribution is 8.18. The number of fused-ring (bicyclic) bond motifs is 1. The summed E-state index contributed by atoms with van der Waals surface area (Å²) in [6, 6.07) is 27.2. The summed E-state index contributed by atoms with van der Waals surface area (Å²) in [7, 11) is 0. The maximum absolute atomic E-state index is 14.0. The first-order valence-electron chi connectivity index (χ1n) is 11.4. The van der Waals surface area contributed by atoms with E-state index in [2.05, 4.69) is 0 Å². The molecule has 1 fully saturated rings. The van der Waals surface area contributed by atoms with Crippen LogP contribution < -0.4 is 9.47 Å². The molecule has 2 amide bonds. The van der Waals surface area contributed by atoms with Gasteiger partial charge in [0.2, 0.25) is 0 Å². The fraction of sp³-hybridized carbons (Fsp3) is 0.103. The molecule has 0 aliphatic carbocycles. The summed E-state index contributed by atoms with van der Waals surface area (Å²) in [6.07, 6.45) is 1.63. The van der Waals surface area contributed by atoms with E-state index in [0.717, 1.165) is 22.5 Å². The van der Waals surface area contributed by atoms with Gasteiger partial charge >= 0.3 is 0 Å². The van der Waals surface area contributed by atoms with Gasteiger partial charge in [-0.15, -0.1) is 0 Å². The molecule has 36 heavy (non-hydrogen) atoms. The Kier molecular flexibility index (Phi) is 7.00. The Morgan fingerprint density at radius 1 is 0.806 bits per heavy atom. The predicted molar refractivity (Wildman–Crippen MR) is 139 cm³/mol. The first-order chi connectivity index (χ1) is 17.6. The summed E-state index contributed by atoms with van der Waals surface area (Å²) in [4.78, 5) is 27.0. The average Bonchev–Trinajstić information content (AvgIpc) is 3.16. The molecule has 1 heterocycles. The topological polar surface area (TPSA) is 55.8 Å². The monoisotopic (exact) mass is 499 g/mol. The van der Waals surface area contributed by atoms with E-state index >= 15 is 0 Å². The lowest BCUT2D eigenvalue weighted by Crippen LogP contribution is -2.32. The molecule has 0 unspecified atom stereocenters. The summed E-state index contributed by atoms with van der Waals surface area (Å²) < 4.78 is 25.7. The molecule has 1 aliphatic rings. The van der Waals surface area contributed by atoms with Crippen molar-refractivity contribution in [2.45, 2.75) is 6.61 Å². The Hall–Kier alpha value is -4.10. The maximum Gasteiger partial charge on any atom is 0.293 e. The molecule has 0 N–H and O–H groups in total. The van der Waals surface area contributed by atoms with Gasteiger partial charge in [-0.3, -0.25) is 14.5 Å². The number of nitrogens with zero attached hydrogens (tertiary/aromatic N) is 1. The largest absolute Gasteiger partial charge is 0.491 e. The highest BCUT2D eigenvalue weighted by atomic mass is 32.2. The first kappa shape index (κ1) is 23.6. The summed E-state index contributed by atoms with van der Waals surface area (Å²) in [5, 5.41) is 1.68. The van der Waals surface area contributed by atoms with Crippen molar-refractivity contribution in [3.8, 4) is 11.5 Å². The Morgan fingerprint density at radius 2 is 1.53 bits per heavy atom. The van der Waals surface area contributed by atoms with E-state index in [1.807, 2.05) is 48.5 Å². The number of thioether (sulfide) groups is 1. The highest BCUT2D eigenvalue weighted by Gasteiger charge is 2.35. The quantitative estimate of drug-likeness (QED) is 0.253. The molecule has 0 saturated carbocycles. The second-order valence-corrected chi connectivity index (χ2v) is 9.07. The van der Waals surface area contributed by atoms with Crippen LogP contribution in [0.25, 0.3) is 16.8 Å². The van der Waals surface area contributed by atoms with Crippen molar-refractivity contribution in [3.63, 3.8) is 0 Å². The number of hydrogen-bond acceptors (Lipinski definition) is 5. The van der Waals surface area contributed by atoms with Crippen molar-refractivity contribution in [1.29, 1.82) is 0 Å². The molecular formula is C29H22FNO4S. The predicted octanol–water partition coefficient (Wildman–Crippen LogP) is 6.67. The smallest absolute Gasteiger partial charge is 0.293 e. The number of rotatable bonds is 8. The van der Waals surface area contributed by atoms with Crippen molar-refractivity contribution in [2.75, 3.05) is 13.2 Å². The third-order valence-corrected chi connectivity index (χ3v) is 6.65. The Morgan fingerprint density at radius 3 is 2.42 bits per heavy atom. The molecule has 5 nitrogen and oxygen atoms in total. The first-order valence-corrected chi connectivity index (χ1v) is 12.2. The summed E-state index contributed by atoms with van der Waals surface area (Å²) in [5.41, 5.74) is 1.06. The van der Waals surface area contributed by atoms with Crippen molar-refractivity contribution in [1.82, 2.24) is 4.90 Å². The van der Waals surface area contributed by atoms with E-state index in [1.54, 1.807) is 42.5 Å². The van der Waals surface area contributed by atoms with Crippen molar-refractivity contribution < 1.29 is 23.5 Å². The molecular weight excluding hydrogens is 477 g/mol. The van der Waals surface area contributed by atoms with E-state index in [4.69, 9.17) is 9.47 Å². The molecule has 180 valence electrons. The number of imide groups is 1. The number of carbonyl (C=O) groups is 2. The number of carbonyl (C=O) groups excluding carboxylic acids is 2. The lowest BCUT2D eigenvalue weighted by Gasteiger charge is -2.14. The lowest BCUT2D eigenvalue weighted by atomic mass is 10.1. The van der Waals surface area contributed by atoms with Crippen LogP contribution in [0.1, 0.15) is 11.1 Å². The number of para-hydroxylation sites is 1. The van der Waals surface area contributed by atoms with Gasteiger partial charge in [-0.1, -0.05) is 72.8 Å². The summed E-state index contributed by atoms with van der Waals surface area (Å²) in [5.74, 6) is 0.473. The Bertz CT molecular complexity index is 1460. The fourth-order valence-corrected chi connectivity index (χ4v) is 4.76. The van der Waals surface area contributed by atoms with Crippen LogP contribution in [0.2, 0.25) is 0 Å². The molecule has 0 spiro atoms. The van der Waals surface area contributed by atoms with Gasteiger partial charge in [0.1, 0.15) is 30.5 Å². The fourth-order valence-electron chi connectivity index (χ4n) is 3.90. The van der Waals surface area contributed by atoms with E-state index in [9.17, 15) is 14.0 Å². The van der Waals surface area contributed by atoms with E-state index < -0.39 is 0 Å². The molecule has 4 aromatic carbocycles. The minimum Gasteiger partial charge on any atom is -0.491 e.